The quantitative estimate of drug-likeness (QED) is 0.233. The van der Waals surface area contributed by atoms with Crippen LogP contribution in [0.25, 0.3) is 10.8 Å². The number of hydrogen-bond acceptors (Lipinski definition) is 6. The normalized spacial score (nSPS) is 11.1. The molecule has 0 aliphatic heterocycles. The molecule has 0 bridgehead atoms. The Kier molecular flexibility index (Phi) is 9.23. The summed E-state index contributed by atoms with van der Waals surface area (Å²) in [5.41, 5.74) is 5.47. The molecule has 0 fully saturated rings. The summed E-state index contributed by atoms with van der Waals surface area (Å²) in [7, 11) is 3.99. The molecule has 0 aliphatic carbocycles. The summed E-state index contributed by atoms with van der Waals surface area (Å²) < 4.78 is 0. The highest BCUT2D eigenvalue weighted by molar-refractivity contribution is 6.03. The zero-order chi connectivity index (χ0) is 28.5. The fourth-order valence-electron chi connectivity index (χ4n) is 4.33. The maximum Gasteiger partial charge on any atom is 0.271 e. The number of phenols is 1. The van der Waals surface area contributed by atoms with Gasteiger partial charge >= 0.3 is 0 Å². The lowest BCUT2D eigenvalue weighted by Gasteiger charge is -2.25. The predicted molar refractivity (Wildman–Crippen MR) is 156 cm³/mol. The lowest BCUT2D eigenvalue weighted by molar-refractivity contribution is -0.131. The molecule has 0 aromatic heterocycles. The van der Waals surface area contributed by atoms with E-state index < -0.39 is 5.91 Å². The zero-order valence-corrected chi connectivity index (χ0v) is 22.5. The molecular formula is C32H31N5O3. The van der Waals surface area contributed by atoms with Gasteiger partial charge in [0.1, 0.15) is 11.8 Å². The lowest BCUT2D eigenvalue weighted by atomic mass is 9.97. The number of rotatable bonds is 10. The molecule has 0 atom stereocenters. The lowest BCUT2D eigenvalue weighted by Crippen LogP contribution is -2.37. The minimum atomic E-state index is -0.504. The van der Waals surface area contributed by atoms with Crippen molar-refractivity contribution in [2.24, 2.45) is 5.10 Å². The number of likely N-dealkylation sites (N-methyl/N-ethyl adjacent to an activating group) is 1. The Labute approximate surface area is 233 Å². The first-order valence-electron chi connectivity index (χ1n) is 12.9. The van der Waals surface area contributed by atoms with E-state index in [-0.39, 0.29) is 29.2 Å². The van der Waals surface area contributed by atoms with E-state index in [1.54, 1.807) is 6.21 Å². The number of hydrazone groups is 1. The molecule has 2 amide bonds. The van der Waals surface area contributed by atoms with Gasteiger partial charge in [0.25, 0.3) is 5.91 Å². The van der Waals surface area contributed by atoms with E-state index in [0.717, 1.165) is 34.0 Å². The van der Waals surface area contributed by atoms with Crippen molar-refractivity contribution in [3.63, 3.8) is 0 Å². The molecule has 4 rings (SSSR count). The van der Waals surface area contributed by atoms with Crippen LogP contribution in [0, 0.1) is 11.3 Å². The maximum absolute atomic E-state index is 13.5. The highest BCUT2D eigenvalue weighted by Gasteiger charge is 2.17. The number of benzene rings is 4. The average Bonchev–Trinajstić information content (AvgIpc) is 2.96. The van der Waals surface area contributed by atoms with E-state index in [9.17, 15) is 14.7 Å². The van der Waals surface area contributed by atoms with Gasteiger partial charge in [0.2, 0.25) is 5.91 Å². The molecule has 8 heteroatoms. The van der Waals surface area contributed by atoms with Crippen LogP contribution in [0.2, 0.25) is 0 Å². The van der Waals surface area contributed by atoms with Crippen LogP contribution in [0.3, 0.4) is 0 Å². The van der Waals surface area contributed by atoms with E-state index in [1.807, 2.05) is 91.8 Å². The Morgan fingerprint density at radius 3 is 2.40 bits per heavy atom. The van der Waals surface area contributed by atoms with E-state index >= 15 is 0 Å². The third kappa shape index (κ3) is 7.10. The van der Waals surface area contributed by atoms with Gasteiger partial charge in [-0.25, -0.2) is 5.43 Å². The Hall–Kier alpha value is -5.00. The fraction of sp³-hybridized carbons (Fsp3) is 0.188. The van der Waals surface area contributed by atoms with Gasteiger partial charge in [0.15, 0.2) is 0 Å². The summed E-state index contributed by atoms with van der Waals surface area (Å²) in [5, 5.41) is 24.7. The molecule has 2 N–H and O–H groups in total. The second kappa shape index (κ2) is 13.2. The smallest absolute Gasteiger partial charge is 0.271 e. The summed E-state index contributed by atoms with van der Waals surface area (Å²) in [6.07, 6.45) is 1.81. The summed E-state index contributed by atoms with van der Waals surface area (Å²) in [5.74, 6) is -0.640. The van der Waals surface area contributed by atoms with Gasteiger partial charge in [-0.3, -0.25) is 9.59 Å². The van der Waals surface area contributed by atoms with Gasteiger partial charge in [0.05, 0.1) is 18.2 Å². The van der Waals surface area contributed by atoms with Gasteiger partial charge in [0, 0.05) is 30.8 Å². The molecule has 40 heavy (non-hydrogen) atoms. The average molecular weight is 534 g/mol. The van der Waals surface area contributed by atoms with Crippen molar-refractivity contribution in [1.29, 1.82) is 5.26 Å². The molecule has 0 unspecified atom stereocenters. The van der Waals surface area contributed by atoms with Gasteiger partial charge in [-0.15, -0.1) is 0 Å². The molecule has 0 spiro atoms. The first-order chi connectivity index (χ1) is 19.4. The third-order valence-corrected chi connectivity index (χ3v) is 6.52. The van der Waals surface area contributed by atoms with Crippen LogP contribution < -0.4 is 5.43 Å². The zero-order valence-electron chi connectivity index (χ0n) is 22.5. The van der Waals surface area contributed by atoms with Crippen molar-refractivity contribution >= 4 is 28.8 Å². The topological polar surface area (TPSA) is 109 Å². The van der Waals surface area contributed by atoms with Crippen molar-refractivity contribution in [2.45, 2.75) is 13.0 Å². The first-order valence-corrected chi connectivity index (χ1v) is 12.9. The number of fused-ring (bicyclic) bond motifs is 1. The number of carbonyl (C=O) groups excluding carboxylic acids is 2. The number of phenolic OH excluding ortho intramolecular Hbond substituents is 1. The number of carbonyl (C=O) groups is 2. The molecule has 4 aromatic carbocycles. The highest BCUT2D eigenvalue weighted by Crippen LogP contribution is 2.23. The summed E-state index contributed by atoms with van der Waals surface area (Å²) in [6.45, 7) is 1.94. The molecule has 0 saturated carbocycles. The van der Waals surface area contributed by atoms with Crippen LogP contribution >= 0.6 is 0 Å². The first kappa shape index (κ1) is 28.0. The van der Waals surface area contributed by atoms with Crippen molar-refractivity contribution in [3.8, 4) is 11.8 Å². The Bertz CT molecular complexity index is 1580. The molecule has 202 valence electrons. The monoisotopic (exact) mass is 533 g/mol. The van der Waals surface area contributed by atoms with Crippen molar-refractivity contribution in [3.05, 3.63) is 113 Å². The van der Waals surface area contributed by atoms with E-state index in [0.29, 0.717) is 13.1 Å². The van der Waals surface area contributed by atoms with Crippen molar-refractivity contribution in [1.82, 2.24) is 15.2 Å². The molecule has 0 saturated heterocycles. The Morgan fingerprint density at radius 1 is 0.950 bits per heavy atom. The number of nitrogens with zero attached hydrogens (tertiary/aromatic N) is 4. The van der Waals surface area contributed by atoms with Gasteiger partial charge in [-0.2, -0.15) is 10.4 Å². The number of aromatic hydroxyl groups is 1. The molecule has 0 heterocycles. The van der Waals surface area contributed by atoms with Crippen LogP contribution in [0.1, 0.15) is 32.6 Å². The largest absolute Gasteiger partial charge is 0.507 e. The van der Waals surface area contributed by atoms with Crippen LogP contribution in [-0.2, 0) is 17.8 Å². The minimum Gasteiger partial charge on any atom is -0.507 e. The van der Waals surface area contributed by atoms with Crippen molar-refractivity contribution in [2.75, 3.05) is 27.2 Å². The van der Waals surface area contributed by atoms with Crippen LogP contribution in [-0.4, -0.2) is 60.1 Å². The third-order valence-electron chi connectivity index (χ3n) is 6.52. The highest BCUT2D eigenvalue weighted by atomic mass is 16.3. The van der Waals surface area contributed by atoms with Crippen LogP contribution in [0.5, 0.6) is 5.75 Å². The Morgan fingerprint density at radius 2 is 1.68 bits per heavy atom. The van der Waals surface area contributed by atoms with Crippen LogP contribution in [0.4, 0.5) is 0 Å². The SMILES string of the molecule is CN(C)CCN(Cc1ccccc1)C(=O)Cc1ccc(/C=N/NC(=O)c2ccc(O)c(C#N)c2)c2ccccc12. The van der Waals surface area contributed by atoms with Crippen molar-refractivity contribution < 1.29 is 14.7 Å². The molecule has 4 aromatic rings. The second-order valence-electron chi connectivity index (χ2n) is 9.68. The summed E-state index contributed by atoms with van der Waals surface area (Å²) in [6, 6.07) is 27.5. The molecule has 8 nitrogen and oxygen atoms in total. The maximum atomic E-state index is 13.5. The number of amides is 2. The number of nitrogens with one attached hydrogen (secondary N) is 1. The van der Waals surface area contributed by atoms with Gasteiger partial charge < -0.3 is 14.9 Å². The number of nitriles is 1. The van der Waals surface area contributed by atoms with Gasteiger partial charge in [-0.05, 0) is 54.2 Å². The molecule has 0 aliphatic rings. The van der Waals surface area contributed by atoms with E-state index in [2.05, 4.69) is 15.4 Å². The summed E-state index contributed by atoms with van der Waals surface area (Å²) >= 11 is 0. The predicted octanol–water partition coefficient (Wildman–Crippen LogP) is 4.31. The standard InChI is InChI=1S/C32H31N5O3/c1-36(2)16-17-37(22-23-8-4-3-5-9-23)31(39)19-24-12-13-26(29-11-7-6-10-28(24)29)21-34-35-32(40)25-14-15-30(38)27(18-25)20-33/h3-15,18,21,38H,16-17,19,22H2,1-2H3,(H,35,40)/b34-21+. The molecular weight excluding hydrogens is 502 g/mol. The Balaban J connectivity index is 1.52. The molecule has 0 radical (unpaired) electrons. The fourth-order valence-corrected chi connectivity index (χ4v) is 4.33. The summed E-state index contributed by atoms with van der Waals surface area (Å²) in [4.78, 5) is 30.0. The van der Waals surface area contributed by atoms with Crippen LogP contribution in [0.15, 0.2) is 90.0 Å². The van der Waals surface area contributed by atoms with Gasteiger partial charge in [-0.1, -0.05) is 66.7 Å². The second-order valence-corrected chi connectivity index (χ2v) is 9.68. The number of hydrogen-bond donors (Lipinski definition) is 2. The van der Waals surface area contributed by atoms with E-state index in [1.165, 1.54) is 18.2 Å². The minimum absolute atomic E-state index is 0.0109. The van der Waals surface area contributed by atoms with E-state index in [4.69, 9.17) is 5.26 Å².